The molecule has 1 unspecified atom stereocenters. The molecule has 1 aromatic heterocycles. The minimum atomic E-state index is -4.58. The number of aliphatic hydroxyl groups is 1. The first-order valence-corrected chi connectivity index (χ1v) is 7.11. The maximum atomic E-state index is 13.7. The van der Waals surface area contributed by atoms with Gasteiger partial charge in [0.2, 0.25) is 0 Å². The van der Waals surface area contributed by atoms with E-state index in [1.54, 1.807) is 13.0 Å². The lowest BCUT2D eigenvalue weighted by molar-refractivity contribution is -0.137. The largest absolute Gasteiger partial charge is 0.416 e. The van der Waals surface area contributed by atoms with Gasteiger partial charge in [-0.2, -0.15) is 13.2 Å². The van der Waals surface area contributed by atoms with Gasteiger partial charge in [0.15, 0.2) is 0 Å². The molecule has 1 N–H and O–H groups in total. The van der Waals surface area contributed by atoms with E-state index in [4.69, 9.17) is 0 Å². The van der Waals surface area contributed by atoms with E-state index in [1.165, 1.54) is 0 Å². The number of halogens is 5. The predicted molar refractivity (Wildman–Crippen MR) is 72.2 cm³/mol. The van der Waals surface area contributed by atoms with Crippen LogP contribution >= 0.6 is 27.3 Å². The Morgan fingerprint density at radius 3 is 2.40 bits per heavy atom. The van der Waals surface area contributed by atoms with Crippen molar-refractivity contribution in [3.63, 3.8) is 0 Å². The molecule has 0 saturated carbocycles. The van der Waals surface area contributed by atoms with Crippen molar-refractivity contribution in [2.24, 2.45) is 0 Å². The molecule has 0 aliphatic rings. The van der Waals surface area contributed by atoms with Gasteiger partial charge in [-0.1, -0.05) is 0 Å². The van der Waals surface area contributed by atoms with Gasteiger partial charge in [0.25, 0.3) is 0 Å². The maximum absolute atomic E-state index is 13.7. The second-order valence-electron chi connectivity index (χ2n) is 4.24. The predicted octanol–water partition coefficient (Wildman–Crippen LogP) is 5.06. The molecule has 7 heteroatoms. The molecule has 2 aromatic rings. The number of benzene rings is 1. The summed E-state index contributed by atoms with van der Waals surface area (Å²) in [5.41, 5.74) is -0.537. The fraction of sp³-hybridized carbons (Fsp3) is 0.231. The normalized spacial score (nSPS) is 13.6. The topological polar surface area (TPSA) is 20.2 Å². The number of rotatable bonds is 2. The lowest BCUT2D eigenvalue weighted by Gasteiger charge is -2.13. The Morgan fingerprint density at radius 2 is 1.90 bits per heavy atom. The molecular formula is C13H9BrF4OS. The molecule has 1 aromatic carbocycles. The molecule has 1 nitrogen and oxygen atoms in total. The van der Waals surface area contributed by atoms with Gasteiger partial charge >= 0.3 is 6.18 Å². The summed E-state index contributed by atoms with van der Waals surface area (Å²) in [6.45, 7) is 1.78. The van der Waals surface area contributed by atoms with Gasteiger partial charge in [-0.15, -0.1) is 11.3 Å². The van der Waals surface area contributed by atoms with Crippen LogP contribution in [0.2, 0.25) is 0 Å². The summed E-state index contributed by atoms with van der Waals surface area (Å²) in [5, 5.41) is 10.1. The molecule has 0 amide bonds. The highest BCUT2D eigenvalue weighted by Crippen LogP contribution is 2.37. The summed E-state index contributed by atoms with van der Waals surface area (Å²) in [5.74, 6) is -0.868. The summed E-state index contributed by atoms with van der Waals surface area (Å²) < 4.78 is 52.3. The molecule has 0 aliphatic carbocycles. The molecule has 0 radical (unpaired) electrons. The number of alkyl halides is 3. The van der Waals surface area contributed by atoms with Crippen LogP contribution in [0.25, 0.3) is 0 Å². The Hall–Kier alpha value is -0.920. The zero-order chi connectivity index (χ0) is 15.1. The third-order valence-electron chi connectivity index (χ3n) is 2.76. The Balaban J connectivity index is 2.46. The van der Waals surface area contributed by atoms with Crippen LogP contribution in [-0.2, 0) is 6.18 Å². The fourth-order valence-corrected chi connectivity index (χ4v) is 3.28. The van der Waals surface area contributed by atoms with E-state index in [1.807, 2.05) is 0 Å². The Kier molecular flexibility index (Phi) is 4.22. The summed E-state index contributed by atoms with van der Waals surface area (Å²) in [4.78, 5) is 0.382. The first-order chi connectivity index (χ1) is 9.20. The van der Waals surface area contributed by atoms with Crippen LogP contribution in [0, 0.1) is 12.7 Å². The smallest absolute Gasteiger partial charge is 0.383 e. The summed E-state index contributed by atoms with van der Waals surface area (Å²) in [6, 6.07) is 3.63. The highest BCUT2D eigenvalue weighted by molar-refractivity contribution is 9.11. The average molecular weight is 369 g/mol. The molecular weight excluding hydrogens is 360 g/mol. The minimum absolute atomic E-state index is 0.381. The van der Waals surface area contributed by atoms with Gasteiger partial charge in [-0.25, -0.2) is 4.39 Å². The summed E-state index contributed by atoms with van der Waals surface area (Å²) in [6.07, 6.45) is -6.00. The van der Waals surface area contributed by atoms with Crippen molar-refractivity contribution in [2.75, 3.05) is 0 Å². The number of hydrogen-bond acceptors (Lipinski definition) is 2. The molecule has 2 rings (SSSR count). The molecule has 0 spiro atoms. The zero-order valence-electron chi connectivity index (χ0n) is 10.1. The van der Waals surface area contributed by atoms with E-state index in [9.17, 15) is 22.7 Å². The molecule has 0 saturated heterocycles. The minimum Gasteiger partial charge on any atom is -0.383 e. The van der Waals surface area contributed by atoms with Gasteiger partial charge in [0.1, 0.15) is 11.9 Å². The first kappa shape index (κ1) is 15.5. The third kappa shape index (κ3) is 3.05. The molecule has 0 aliphatic heterocycles. The van der Waals surface area contributed by atoms with Crippen molar-refractivity contribution >= 4 is 27.3 Å². The van der Waals surface area contributed by atoms with Crippen molar-refractivity contribution in [3.8, 4) is 0 Å². The average Bonchev–Trinajstić information content (AvgIpc) is 2.68. The number of aryl methyl sites for hydroxylation is 1. The van der Waals surface area contributed by atoms with Crippen LogP contribution in [0.1, 0.15) is 27.7 Å². The van der Waals surface area contributed by atoms with Crippen LogP contribution in [0.5, 0.6) is 0 Å². The molecule has 1 heterocycles. The number of thiophene rings is 1. The quantitative estimate of drug-likeness (QED) is 0.734. The molecule has 1 atom stereocenters. The van der Waals surface area contributed by atoms with Gasteiger partial charge in [-0.3, -0.25) is 0 Å². The standard InChI is InChI=1S/C13H9BrF4OS/c1-6-4-10(20-12(6)14)11(19)8-5-7(13(16,17)18)2-3-9(8)15/h2-5,11,19H,1H3. The lowest BCUT2D eigenvalue weighted by atomic mass is 10.0. The number of aliphatic hydroxyl groups excluding tert-OH is 1. The third-order valence-corrected chi connectivity index (χ3v) is 4.95. The van der Waals surface area contributed by atoms with Crippen molar-refractivity contribution < 1.29 is 22.7 Å². The van der Waals surface area contributed by atoms with Crippen LogP contribution in [-0.4, -0.2) is 5.11 Å². The van der Waals surface area contributed by atoms with Crippen molar-refractivity contribution in [3.05, 3.63) is 55.4 Å². The van der Waals surface area contributed by atoms with E-state index < -0.39 is 23.7 Å². The monoisotopic (exact) mass is 368 g/mol. The second-order valence-corrected chi connectivity index (χ2v) is 6.64. The van der Waals surface area contributed by atoms with E-state index in [0.717, 1.165) is 26.8 Å². The SMILES string of the molecule is Cc1cc(C(O)c2cc(C(F)(F)F)ccc2F)sc1Br. The van der Waals surface area contributed by atoms with Crippen LogP contribution in [0.3, 0.4) is 0 Å². The van der Waals surface area contributed by atoms with E-state index in [2.05, 4.69) is 15.9 Å². The van der Waals surface area contributed by atoms with Crippen LogP contribution < -0.4 is 0 Å². The Morgan fingerprint density at radius 1 is 1.25 bits per heavy atom. The van der Waals surface area contributed by atoms with Gasteiger partial charge in [-0.05, 0) is 52.7 Å². The van der Waals surface area contributed by atoms with Crippen molar-refractivity contribution in [1.82, 2.24) is 0 Å². The second kappa shape index (κ2) is 5.46. The van der Waals surface area contributed by atoms with Gasteiger partial charge in [0.05, 0.1) is 9.35 Å². The Bertz CT molecular complexity index is 616. The molecule has 0 fully saturated rings. The van der Waals surface area contributed by atoms with Crippen LogP contribution in [0.15, 0.2) is 28.1 Å². The number of hydrogen-bond donors (Lipinski definition) is 1. The van der Waals surface area contributed by atoms with Crippen molar-refractivity contribution in [1.29, 1.82) is 0 Å². The summed E-state index contributed by atoms with van der Waals surface area (Å²) >= 11 is 4.41. The van der Waals surface area contributed by atoms with E-state index in [0.29, 0.717) is 17.0 Å². The molecule has 20 heavy (non-hydrogen) atoms. The Labute approximate surface area is 125 Å². The maximum Gasteiger partial charge on any atom is 0.416 e. The van der Waals surface area contributed by atoms with Crippen LogP contribution in [0.4, 0.5) is 17.6 Å². The van der Waals surface area contributed by atoms with Gasteiger partial charge < -0.3 is 5.11 Å². The van der Waals surface area contributed by atoms with Gasteiger partial charge in [0, 0.05) is 10.4 Å². The zero-order valence-corrected chi connectivity index (χ0v) is 12.5. The fourth-order valence-electron chi connectivity index (χ4n) is 1.70. The van der Waals surface area contributed by atoms with Crippen molar-refractivity contribution in [2.45, 2.75) is 19.2 Å². The molecule has 0 bridgehead atoms. The van der Waals surface area contributed by atoms with E-state index in [-0.39, 0.29) is 5.56 Å². The summed E-state index contributed by atoms with van der Waals surface area (Å²) in [7, 11) is 0. The first-order valence-electron chi connectivity index (χ1n) is 5.50. The highest BCUT2D eigenvalue weighted by atomic mass is 79.9. The molecule has 108 valence electrons. The lowest BCUT2D eigenvalue weighted by Crippen LogP contribution is -2.08. The highest BCUT2D eigenvalue weighted by Gasteiger charge is 2.32. The van der Waals surface area contributed by atoms with E-state index >= 15 is 0 Å².